The number of amides is 1. The number of nitrogens with one attached hydrogen (secondary N) is 2. The summed E-state index contributed by atoms with van der Waals surface area (Å²) in [6.45, 7) is 0.457. The molecule has 3 rings (SSSR count). The van der Waals surface area contributed by atoms with Crippen LogP contribution in [0.1, 0.15) is 16.1 Å². The van der Waals surface area contributed by atoms with Crippen LogP contribution in [0.15, 0.2) is 60.8 Å². The highest BCUT2D eigenvalue weighted by atomic mass is 35.5. The van der Waals surface area contributed by atoms with E-state index in [-0.39, 0.29) is 11.6 Å². The number of halogens is 2. The van der Waals surface area contributed by atoms with Crippen molar-refractivity contribution in [2.75, 3.05) is 10.6 Å². The number of benzene rings is 2. The molecule has 5 nitrogen and oxygen atoms in total. The van der Waals surface area contributed by atoms with Crippen LogP contribution in [-0.4, -0.2) is 15.9 Å². The van der Waals surface area contributed by atoms with E-state index in [0.29, 0.717) is 28.2 Å². The predicted molar refractivity (Wildman–Crippen MR) is 100 cm³/mol. The van der Waals surface area contributed by atoms with E-state index < -0.39 is 0 Å². The van der Waals surface area contributed by atoms with E-state index >= 15 is 0 Å². The van der Waals surface area contributed by atoms with Gasteiger partial charge in [0.25, 0.3) is 5.91 Å². The first-order valence-corrected chi connectivity index (χ1v) is 8.24. The van der Waals surface area contributed by atoms with Gasteiger partial charge in [0, 0.05) is 28.5 Å². The fourth-order valence-electron chi connectivity index (χ4n) is 2.15. The first-order chi connectivity index (χ1) is 12.1. The number of aromatic nitrogens is 2. The normalized spacial score (nSPS) is 10.3. The van der Waals surface area contributed by atoms with Crippen molar-refractivity contribution in [3.05, 3.63) is 82.1 Å². The molecule has 2 N–H and O–H groups in total. The van der Waals surface area contributed by atoms with Crippen LogP contribution in [0.5, 0.6) is 0 Å². The van der Waals surface area contributed by atoms with Crippen molar-refractivity contribution in [1.29, 1.82) is 0 Å². The van der Waals surface area contributed by atoms with E-state index in [0.717, 1.165) is 5.56 Å². The number of carbonyl (C=O) groups is 1. The molecule has 1 aromatic heterocycles. The monoisotopic (exact) mass is 372 g/mol. The van der Waals surface area contributed by atoms with E-state index in [1.165, 1.54) is 6.20 Å². The van der Waals surface area contributed by atoms with Crippen LogP contribution in [-0.2, 0) is 6.54 Å². The highest BCUT2D eigenvalue weighted by Gasteiger charge is 2.10. The van der Waals surface area contributed by atoms with Crippen molar-refractivity contribution in [3.8, 4) is 0 Å². The average molecular weight is 373 g/mol. The summed E-state index contributed by atoms with van der Waals surface area (Å²) in [5.41, 5.74) is 1.76. The molecule has 0 fully saturated rings. The molecule has 25 heavy (non-hydrogen) atoms. The summed E-state index contributed by atoms with van der Waals surface area (Å²) in [5, 5.41) is 7.01. The van der Waals surface area contributed by atoms with Crippen molar-refractivity contribution >= 4 is 40.7 Å². The quantitative estimate of drug-likeness (QED) is 0.683. The molecule has 3 aromatic rings. The molecule has 0 saturated heterocycles. The molecule has 0 aliphatic rings. The summed E-state index contributed by atoms with van der Waals surface area (Å²) in [6.07, 6.45) is 1.52. The van der Waals surface area contributed by atoms with Crippen LogP contribution in [0.4, 0.5) is 11.6 Å². The predicted octanol–water partition coefficient (Wildman–Crippen LogP) is 4.65. The lowest BCUT2D eigenvalue weighted by molar-refractivity contribution is 0.102. The molecule has 0 aliphatic carbocycles. The van der Waals surface area contributed by atoms with Gasteiger partial charge in [0.2, 0.25) is 5.95 Å². The van der Waals surface area contributed by atoms with Gasteiger partial charge in [0.1, 0.15) is 5.69 Å². The van der Waals surface area contributed by atoms with Crippen molar-refractivity contribution < 1.29 is 4.79 Å². The molecule has 1 heterocycles. The molecule has 126 valence electrons. The summed E-state index contributed by atoms with van der Waals surface area (Å²) in [4.78, 5) is 20.7. The number of rotatable bonds is 5. The maximum Gasteiger partial charge on any atom is 0.274 e. The number of nitrogens with zero attached hydrogens (tertiary/aromatic N) is 2. The molecule has 0 bridgehead atoms. The van der Waals surface area contributed by atoms with Gasteiger partial charge >= 0.3 is 0 Å². The Bertz CT molecular complexity index is 902. The Morgan fingerprint density at radius 3 is 2.68 bits per heavy atom. The van der Waals surface area contributed by atoms with E-state index in [4.69, 9.17) is 23.2 Å². The Morgan fingerprint density at radius 1 is 1.04 bits per heavy atom. The molecule has 2 aromatic carbocycles. The average Bonchev–Trinajstić information content (AvgIpc) is 2.61. The minimum Gasteiger partial charge on any atom is -0.350 e. The molecule has 1 amide bonds. The van der Waals surface area contributed by atoms with Crippen LogP contribution in [0.2, 0.25) is 10.0 Å². The molecule has 7 heteroatoms. The van der Waals surface area contributed by atoms with Crippen LogP contribution < -0.4 is 10.6 Å². The SMILES string of the molecule is O=C(Nc1cccc(Cl)c1)c1ccnc(NCc2ccccc2Cl)n1. The lowest BCUT2D eigenvalue weighted by Crippen LogP contribution is -2.15. The zero-order valence-corrected chi connectivity index (χ0v) is 14.6. The van der Waals surface area contributed by atoms with Crippen molar-refractivity contribution in [2.45, 2.75) is 6.54 Å². The van der Waals surface area contributed by atoms with Gasteiger partial charge in [0.15, 0.2) is 0 Å². The summed E-state index contributed by atoms with van der Waals surface area (Å²) < 4.78 is 0. The molecular formula is C18H14Cl2N4O. The van der Waals surface area contributed by atoms with Gasteiger partial charge in [-0.3, -0.25) is 4.79 Å². The van der Waals surface area contributed by atoms with E-state index in [1.54, 1.807) is 30.3 Å². The Labute approximate surface area is 155 Å². The standard InChI is InChI=1S/C18H14Cl2N4O/c19-13-5-3-6-14(10-13)23-17(25)16-8-9-21-18(24-16)22-11-12-4-1-2-7-15(12)20/h1-10H,11H2,(H,23,25)(H,21,22,24). The van der Waals surface area contributed by atoms with Gasteiger partial charge in [-0.1, -0.05) is 47.5 Å². The zero-order valence-electron chi connectivity index (χ0n) is 13.0. The molecule has 0 radical (unpaired) electrons. The first kappa shape index (κ1) is 17.2. The van der Waals surface area contributed by atoms with Crippen LogP contribution in [0, 0.1) is 0 Å². The number of carbonyl (C=O) groups excluding carboxylic acids is 1. The second-order valence-electron chi connectivity index (χ2n) is 5.17. The minimum atomic E-state index is -0.342. The number of anilines is 2. The third kappa shape index (κ3) is 4.68. The zero-order chi connectivity index (χ0) is 17.6. The molecule has 0 atom stereocenters. The van der Waals surface area contributed by atoms with E-state index in [2.05, 4.69) is 20.6 Å². The lowest BCUT2D eigenvalue weighted by atomic mass is 10.2. The van der Waals surface area contributed by atoms with Gasteiger partial charge in [-0.2, -0.15) is 0 Å². The number of hydrogen-bond donors (Lipinski definition) is 2. The Balaban J connectivity index is 1.68. The third-order valence-corrected chi connectivity index (χ3v) is 3.97. The van der Waals surface area contributed by atoms with Gasteiger partial charge in [-0.25, -0.2) is 9.97 Å². The Kier molecular flexibility index (Phi) is 5.48. The Morgan fingerprint density at radius 2 is 1.88 bits per heavy atom. The second kappa shape index (κ2) is 7.96. The molecular weight excluding hydrogens is 359 g/mol. The van der Waals surface area contributed by atoms with Crippen LogP contribution >= 0.6 is 23.2 Å². The minimum absolute atomic E-state index is 0.247. The van der Waals surface area contributed by atoms with Crippen LogP contribution in [0.3, 0.4) is 0 Å². The highest BCUT2D eigenvalue weighted by Crippen LogP contribution is 2.17. The topological polar surface area (TPSA) is 66.9 Å². The summed E-state index contributed by atoms with van der Waals surface area (Å²) in [6, 6.07) is 15.9. The van der Waals surface area contributed by atoms with E-state index in [9.17, 15) is 4.79 Å². The smallest absolute Gasteiger partial charge is 0.274 e. The molecule has 0 saturated carbocycles. The second-order valence-corrected chi connectivity index (χ2v) is 6.02. The lowest BCUT2D eigenvalue weighted by Gasteiger charge is -2.08. The van der Waals surface area contributed by atoms with Gasteiger partial charge in [-0.15, -0.1) is 0 Å². The van der Waals surface area contributed by atoms with Crippen molar-refractivity contribution in [3.63, 3.8) is 0 Å². The molecule has 0 aliphatic heterocycles. The number of hydrogen-bond acceptors (Lipinski definition) is 4. The van der Waals surface area contributed by atoms with Crippen molar-refractivity contribution in [1.82, 2.24) is 9.97 Å². The third-order valence-electron chi connectivity index (χ3n) is 3.37. The summed E-state index contributed by atoms with van der Waals surface area (Å²) in [5.74, 6) is 0.00382. The van der Waals surface area contributed by atoms with Gasteiger partial charge in [0.05, 0.1) is 0 Å². The largest absolute Gasteiger partial charge is 0.350 e. The van der Waals surface area contributed by atoms with E-state index in [1.807, 2.05) is 24.3 Å². The maximum atomic E-state index is 12.3. The van der Waals surface area contributed by atoms with Crippen LogP contribution in [0.25, 0.3) is 0 Å². The molecule has 0 unspecified atom stereocenters. The van der Waals surface area contributed by atoms with Gasteiger partial charge in [-0.05, 0) is 35.9 Å². The first-order valence-electron chi connectivity index (χ1n) is 7.49. The Hall–Kier alpha value is -2.63. The molecule has 0 spiro atoms. The van der Waals surface area contributed by atoms with Gasteiger partial charge < -0.3 is 10.6 Å². The fourth-order valence-corrected chi connectivity index (χ4v) is 2.54. The summed E-state index contributed by atoms with van der Waals surface area (Å²) >= 11 is 12.0. The van der Waals surface area contributed by atoms with Crippen molar-refractivity contribution in [2.24, 2.45) is 0 Å². The summed E-state index contributed by atoms with van der Waals surface area (Å²) in [7, 11) is 0. The fraction of sp³-hybridized carbons (Fsp3) is 0.0556. The maximum absolute atomic E-state index is 12.3. The highest BCUT2D eigenvalue weighted by molar-refractivity contribution is 6.31.